The lowest BCUT2D eigenvalue weighted by molar-refractivity contribution is 0.313. The second-order valence-corrected chi connectivity index (χ2v) is 8.92. The Labute approximate surface area is 194 Å². The van der Waals surface area contributed by atoms with Gasteiger partial charge in [0, 0.05) is 49.3 Å². The third kappa shape index (κ3) is 4.64. The number of hydrogen-bond donors (Lipinski definition) is 1. The Bertz CT molecular complexity index is 1320. The number of rotatable bonds is 5. The van der Waals surface area contributed by atoms with Gasteiger partial charge in [-0.15, -0.1) is 0 Å². The predicted molar refractivity (Wildman–Crippen MR) is 138 cm³/mol. The maximum absolute atomic E-state index is 12.8. The van der Waals surface area contributed by atoms with E-state index in [1.807, 2.05) is 22.8 Å². The average Bonchev–Trinajstić information content (AvgIpc) is 2.83. The summed E-state index contributed by atoms with van der Waals surface area (Å²) in [5.41, 5.74) is 6.57. The highest BCUT2D eigenvalue weighted by molar-refractivity contribution is 5.84. The summed E-state index contributed by atoms with van der Waals surface area (Å²) in [6.07, 6.45) is 0. The highest BCUT2D eigenvalue weighted by Crippen LogP contribution is 2.25. The monoisotopic (exact) mass is 438 g/mol. The zero-order chi connectivity index (χ0) is 22.8. The van der Waals surface area contributed by atoms with Crippen LogP contribution in [-0.2, 0) is 6.54 Å². The van der Waals surface area contributed by atoms with Gasteiger partial charge in [0.1, 0.15) is 0 Å². The van der Waals surface area contributed by atoms with Crippen LogP contribution < -0.4 is 15.8 Å². The molecule has 1 aromatic heterocycles. The van der Waals surface area contributed by atoms with E-state index in [1.165, 1.54) is 11.3 Å². The van der Waals surface area contributed by atoms with Gasteiger partial charge in [-0.2, -0.15) is 0 Å². The van der Waals surface area contributed by atoms with Gasteiger partial charge in [-0.05, 0) is 72.9 Å². The largest absolute Gasteiger partial charge is 0.369 e. The smallest absolute Gasteiger partial charge is 0.251 e. The molecule has 0 atom stereocenters. The number of fused-ring (bicyclic) bond motifs is 1. The predicted octanol–water partition coefficient (Wildman–Crippen LogP) is 4.85. The van der Waals surface area contributed by atoms with E-state index in [0.717, 1.165) is 54.0 Å². The second-order valence-electron chi connectivity index (χ2n) is 8.92. The number of aromatic nitrogens is 1. The van der Waals surface area contributed by atoms with Crippen LogP contribution in [-0.4, -0.2) is 42.7 Å². The van der Waals surface area contributed by atoms with E-state index < -0.39 is 0 Å². The first-order chi connectivity index (χ1) is 16.1. The second kappa shape index (κ2) is 9.12. The molecule has 0 spiro atoms. The summed E-state index contributed by atoms with van der Waals surface area (Å²) >= 11 is 0. The van der Waals surface area contributed by atoms with E-state index in [9.17, 15) is 4.79 Å². The number of piperazine rings is 1. The summed E-state index contributed by atoms with van der Waals surface area (Å²) < 4.78 is 1.86. The molecule has 5 heteroatoms. The number of hydrogen-bond acceptors (Lipinski definition) is 4. The van der Waals surface area contributed by atoms with Gasteiger partial charge in [0.05, 0.1) is 12.1 Å². The summed E-state index contributed by atoms with van der Waals surface area (Å²) in [5.74, 6) is 0. The molecular weight excluding hydrogens is 408 g/mol. The molecule has 0 aliphatic carbocycles. The molecule has 3 aromatic carbocycles. The van der Waals surface area contributed by atoms with Gasteiger partial charge in [-0.1, -0.05) is 30.3 Å². The number of anilines is 3. The van der Waals surface area contributed by atoms with E-state index in [2.05, 4.69) is 83.7 Å². The minimum absolute atomic E-state index is 0.0134. The van der Waals surface area contributed by atoms with Gasteiger partial charge >= 0.3 is 0 Å². The molecule has 0 saturated carbocycles. The zero-order valence-electron chi connectivity index (χ0n) is 19.3. The Hall–Kier alpha value is -3.57. The van der Waals surface area contributed by atoms with Crippen molar-refractivity contribution in [3.05, 3.63) is 100 Å². The molecule has 5 nitrogen and oxygen atoms in total. The molecular formula is C28H30N4O. The van der Waals surface area contributed by atoms with Crippen molar-refractivity contribution in [1.29, 1.82) is 0 Å². The molecule has 0 unspecified atom stereocenters. The van der Waals surface area contributed by atoms with Gasteiger partial charge in [0.25, 0.3) is 5.56 Å². The first-order valence-corrected chi connectivity index (χ1v) is 11.6. The number of likely N-dealkylation sites (N-methyl/N-ethyl adjacent to an activating group) is 1. The standard InChI is InChI=1S/C28H30N4O/c1-21-5-3-4-6-23(21)20-32-27-19-25(9-7-22(27)8-14-28(32)33)29-24-10-12-26(13-11-24)31-17-15-30(2)16-18-31/h3-14,19,29H,15-18,20H2,1-2H3. The molecule has 1 fully saturated rings. The van der Waals surface area contributed by atoms with E-state index in [-0.39, 0.29) is 5.56 Å². The fourth-order valence-corrected chi connectivity index (χ4v) is 4.47. The summed E-state index contributed by atoms with van der Waals surface area (Å²) in [7, 11) is 2.18. The third-order valence-corrected chi connectivity index (χ3v) is 6.61. The van der Waals surface area contributed by atoms with Crippen molar-refractivity contribution >= 4 is 28.0 Å². The summed E-state index contributed by atoms with van der Waals surface area (Å²) in [6, 6.07) is 26.6. The molecule has 1 aliphatic heterocycles. The van der Waals surface area contributed by atoms with Gasteiger partial charge in [-0.3, -0.25) is 4.79 Å². The van der Waals surface area contributed by atoms with Crippen molar-refractivity contribution in [3.8, 4) is 0 Å². The van der Waals surface area contributed by atoms with Gasteiger partial charge < -0.3 is 19.7 Å². The van der Waals surface area contributed by atoms with Crippen LogP contribution in [0.1, 0.15) is 11.1 Å². The minimum atomic E-state index is 0.0134. The normalized spacial score (nSPS) is 14.5. The highest BCUT2D eigenvalue weighted by Gasteiger charge is 2.14. The molecule has 2 heterocycles. The number of nitrogens with zero attached hydrogens (tertiary/aromatic N) is 3. The van der Waals surface area contributed by atoms with Gasteiger partial charge in [0.2, 0.25) is 0 Å². The molecule has 1 aliphatic rings. The zero-order valence-corrected chi connectivity index (χ0v) is 19.3. The molecule has 168 valence electrons. The van der Waals surface area contributed by atoms with Crippen LogP contribution in [0.2, 0.25) is 0 Å². The third-order valence-electron chi connectivity index (χ3n) is 6.61. The van der Waals surface area contributed by atoms with E-state index in [4.69, 9.17) is 0 Å². The molecule has 33 heavy (non-hydrogen) atoms. The van der Waals surface area contributed by atoms with Crippen molar-refractivity contribution in [2.75, 3.05) is 43.4 Å². The summed E-state index contributed by atoms with van der Waals surface area (Å²) in [5, 5.41) is 4.57. The summed E-state index contributed by atoms with van der Waals surface area (Å²) in [4.78, 5) is 17.6. The Morgan fingerprint density at radius 1 is 0.818 bits per heavy atom. The molecule has 5 rings (SSSR count). The van der Waals surface area contributed by atoms with Crippen molar-refractivity contribution < 1.29 is 0 Å². The minimum Gasteiger partial charge on any atom is -0.369 e. The highest BCUT2D eigenvalue weighted by atomic mass is 16.1. The van der Waals surface area contributed by atoms with Crippen LogP contribution in [0.5, 0.6) is 0 Å². The quantitative estimate of drug-likeness (QED) is 0.483. The number of pyridine rings is 1. The molecule has 0 radical (unpaired) electrons. The van der Waals surface area contributed by atoms with Gasteiger partial charge in [0.15, 0.2) is 0 Å². The van der Waals surface area contributed by atoms with Crippen LogP contribution >= 0.6 is 0 Å². The van der Waals surface area contributed by atoms with Crippen molar-refractivity contribution in [3.63, 3.8) is 0 Å². The van der Waals surface area contributed by atoms with Crippen molar-refractivity contribution in [2.24, 2.45) is 0 Å². The molecule has 0 amide bonds. The Kier molecular flexibility index (Phi) is 5.88. The molecule has 0 bridgehead atoms. The average molecular weight is 439 g/mol. The Morgan fingerprint density at radius 2 is 1.52 bits per heavy atom. The number of benzene rings is 3. The number of aryl methyl sites for hydroxylation is 1. The van der Waals surface area contributed by atoms with Crippen LogP contribution in [0.4, 0.5) is 17.1 Å². The molecule has 4 aromatic rings. The summed E-state index contributed by atoms with van der Waals surface area (Å²) in [6.45, 7) is 6.97. The fourth-order valence-electron chi connectivity index (χ4n) is 4.47. The topological polar surface area (TPSA) is 40.5 Å². The van der Waals surface area contributed by atoms with Crippen LogP contribution in [0.25, 0.3) is 10.9 Å². The van der Waals surface area contributed by atoms with E-state index in [0.29, 0.717) is 6.54 Å². The fraction of sp³-hybridized carbons (Fsp3) is 0.250. The first kappa shape index (κ1) is 21.3. The van der Waals surface area contributed by atoms with Crippen molar-refractivity contribution in [2.45, 2.75) is 13.5 Å². The lowest BCUT2D eigenvalue weighted by atomic mass is 10.1. The van der Waals surface area contributed by atoms with Crippen LogP contribution in [0.3, 0.4) is 0 Å². The Morgan fingerprint density at radius 3 is 2.27 bits per heavy atom. The lowest BCUT2D eigenvalue weighted by Gasteiger charge is -2.34. The lowest BCUT2D eigenvalue weighted by Crippen LogP contribution is -2.44. The van der Waals surface area contributed by atoms with Crippen molar-refractivity contribution in [1.82, 2.24) is 9.47 Å². The molecule has 1 N–H and O–H groups in total. The maximum Gasteiger partial charge on any atom is 0.251 e. The van der Waals surface area contributed by atoms with Crippen LogP contribution in [0.15, 0.2) is 83.7 Å². The first-order valence-electron chi connectivity index (χ1n) is 11.6. The SMILES string of the molecule is Cc1ccccc1Cn1c(=O)ccc2ccc(Nc3ccc(N4CCN(C)CC4)cc3)cc21. The maximum atomic E-state index is 12.8. The van der Waals surface area contributed by atoms with Crippen LogP contribution in [0, 0.1) is 6.92 Å². The van der Waals surface area contributed by atoms with Gasteiger partial charge in [-0.25, -0.2) is 0 Å². The Balaban J connectivity index is 1.40. The van der Waals surface area contributed by atoms with E-state index >= 15 is 0 Å². The van der Waals surface area contributed by atoms with E-state index in [1.54, 1.807) is 6.07 Å². The molecule has 1 saturated heterocycles. The number of nitrogens with one attached hydrogen (secondary N) is 1.